The number of hydrogen-bond donors (Lipinski definition) is 3. The molecule has 6 heteroatoms. The van der Waals surface area contributed by atoms with E-state index in [2.05, 4.69) is 4.72 Å². The fraction of sp³-hybridized carbons (Fsp3) is 0.333. The molecule has 0 aromatic heterocycles. The smallest absolute Gasteiger partial charge is 0.275 e. The van der Waals surface area contributed by atoms with Gasteiger partial charge in [-0.05, 0) is 12.5 Å². The maximum Gasteiger partial charge on any atom is 0.275 e. The van der Waals surface area contributed by atoms with Gasteiger partial charge in [0.15, 0.2) is 0 Å². The molecule has 1 unspecified atom stereocenters. The van der Waals surface area contributed by atoms with Gasteiger partial charge in [0.1, 0.15) is 0 Å². The van der Waals surface area contributed by atoms with Crippen LogP contribution in [0, 0.1) is 0 Å². The quantitative estimate of drug-likeness (QED) is 0.658. The molecule has 84 valence electrons. The highest BCUT2D eigenvalue weighted by molar-refractivity contribution is 7.87. The van der Waals surface area contributed by atoms with Gasteiger partial charge in [-0.25, -0.2) is 5.14 Å². The van der Waals surface area contributed by atoms with Crippen molar-refractivity contribution in [3.63, 3.8) is 0 Å². The zero-order chi connectivity index (χ0) is 11.5. The first kappa shape index (κ1) is 12.1. The van der Waals surface area contributed by atoms with Crippen molar-refractivity contribution in [2.75, 3.05) is 6.54 Å². The average molecular weight is 229 g/mol. The van der Waals surface area contributed by atoms with Crippen LogP contribution in [0.1, 0.15) is 12.5 Å². The van der Waals surface area contributed by atoms with Gasteiger partial charge in [0.2, 0.25) is 0 Å². The van der Waals surface area contributed by atoms with Crippen molar-refractivity contribution in [3.8, 4) is 0 Å². The summed E-state index contributed by atoms with van der Waals surface area (Å²) in [5, 5.41) is 4.94. The maximum atomic E-state index is 11.0. The van der Waals surface area contributed by atoms with Crippen molar-refractivity contribution in [1.82, 2.24) is 4.72 Å². The zero-order valence-corrected chi connectivity index (χ0v) is 9.29. The SMILES string of the molecule is CC(CN)(NS(N)(=O)=O)c1ccccc1. The van der Waals surface area contributed by atoms with E-state index in [4.69, 9.17) is 10.9 Å². The monoisotopic (exact) mass is 229 g/mol. The van der Waals surface area contributed by atoms with E-state index in [1.54, 1.807) is 19.1 Å². The lowest BCUT2D eigenvalue weighted by atomic mass is 9.94. The van der Waals surface area contributed by atoms with Crippen molar-refractivity contribution in [2.45, 2.75) is 12.5 Å². The summed E-state index contributed by atoms with van der Waals surface area (Å²) in [5.74, 6) is 0. The van der Waals surface area contributed by atoms with Gasteiger partial charge in [-0.15, -0.1) is 0 Å². The molecule has 0 spiro atoms. The summed E-state index contributed by atoms with van der Waals surface area (Å²) in [6.07, 6.45) is 0. The fourth-order valence-electron chi connectivity index (χ4n) is 1.34. The second kappa shape index (κ2) is 4.28. The van der Waals surface area contributed by atoms with E-state index < -0.39 is 15.7 Å². The molecule has 0 saturated heterocycles. The summed E-state index contributed by atoms with van der Waals surface area (Å²) in [5.41, 5.74) is 5.48. The van der Waals surface area contributed by atoms with Gasteiger partial charge in [-0.2, -0.15) is 13.1 Å². The highest BCUT2D eigenvalue weighted by Crippen LogP contribution is 2.19. The molecule has 0 saturated carbocycles. The second-order valence-corrected chi connectivity index (χ2v) is 4.84. The van der Waals surface area contributed by atoms with E-state index in [9.17, 15) is 8.42 Å². The Balaban J connectivity index is 3.06. The molecule has 5 nitrogen and oxygen atoms in total. The van der Waals surface area contributed by atoms with Crippen molar-refractivity contribution in [2.24, 2.45) is 10.9 Å². The molecule has 15 heavy (non-hydrogen) atoms. The first-order chi connectivity index (χ1) is 6.87. The van der Waals surface area contributed by atoms with Gasteiger partial charge in [0.25, 0.3) is 10.2 Å². The molecule has 1 aromatic rings. The van der Waals surface area contributed by atoms with Crippen LogP contribution in [0.2, 0.25) is 0 Å². The second-order valence-electron chi connectivity index (χ2n) is 3.55. The van der Waals surface area contributed by atoms with E-state index >= 15 is 0 Å². The minimum atomic E-state index is -3.77. The highest BCUT2D eigenvalue weighted by Gasteiger charge is 2.28. The number of hydrogen-bond acceptors (Lipinski definition) is 3. The third-order valence-corrected chi connectivity index (χ3v) is 2.92. The normalized spacial score (nSPS) is 15.9. The first-order valence-electron chi connectivity index (χ1n) is 4.45. The van der Waals surface area contributed by atoms with Crippen molar-refractivity contribution in [1.29, 1.82) is 0 Å². The van der Waals surface area contributed by atoms with Crippen LogP contribution >= 0.6 is 0 Å². The Morgan fingerprint density at radius 2 is 1.87 bits per heavy atom. The Kier molecular flexibility index (Phi) is 3.46. The predicted octanol–water partition coefficient (Wildman–Crippen LogP) is -0.346. The first-order valence-corrected chi connectivity index (χ1v) is 5.99. The Bertz CT molecular complexity index is 418. The van der Waals surface area contributed by atoms with Crippen LogP contribution in [-0.4, -0.2) is 15.0 Å². The zero-order valence-electron chi connectivity index (χ0n) is 8.47. The average Bonchev–Trinajstić information content (AvgIpc) is 2.16. The van der Waals surface area contributed by atoms with E-state index in [0.29, 0.717) is 0 Å². The summed E-state index contributed by atoms with van der Waals surface area (Å²) in [6, 6.07) is 9.07. The fourth-order valence-corrected chi connectivity index (χ4v) is 2.17. The predicted molar refractivity (Wildman–Crippen MR) is 59.1 cm³/mol. The van der Waals surface area contributed by atoms with Crippen molar-refractivity contribution in [3.05, 3.63) is 35.9 Å². The number of nitrogens with two attached hydrogens (primary N) is 2. The summed E-state index contributed by atoms with van der Waals surface area (Å²) < 4.78 is 24.3. The third kappa shape index (κ3) is 3.28. The summed E-state index contributed by atoms with van der Waals surface area (Å²) in [7, 11) is -3.77. The molecule has 0 aliphatic carbocycles. The van der Waals surface area contributed by atoms with Gasteiger partial charge in [0.05, 0.1) is 5.54 Å². The molecular formula is C9H15N3O2S. The van der Waals surface area contributed by atoms with Gasteiger partial charge in [-0.3, -0.25) is 0 Å². The van der Waals surface area contributed by atoms with Crippen LogP contribution < -0.4 is 15.6 Å². The molecule has 1 atom stereocenters. The van der Waals surface area contributed by atoms with E-state index in [-0.39, 0.29) is 6.54 Å². The van der Waals surface area contributed by atoms with Crippen LogP contribution in [0.5, 0.6) is 0 Å². The van der Waals surface area contributed by atoms with Gasteiger partial charge in [0, 0.05) is 6.54 Å². The molecule has 0 amide bonds. The lowest BCUT2D eigenvalue weighted by molar-refractivity contribution is 0.442. The third-order valence-electron chi connectivity index (χ3n) is 2.19. The lowest BCUT2D eigenvalue weighted by Crippen LogP contribution is -2.50. The standard InChI is InChI=1S/C9H15N3O2S/c1-9(7-10,12-15(11,13)14)8-5-3-2-4-6-8/h2-6,12H,7,10H2,1H3,(H2,11,13,14). The van der Waals surface area contributed by atoms with Crippen LogP contribution in [0.4, 0.5) is 0 Å². The number of benzene rings is 1. The molecule has 5 N–H and O–H groups in total. The van der Waals surface area contributed by atoms with Crippen LogP contribution in [0.3, 0.4) is 0 Å². The van der Waals surface area contributed by atoms with Gasteiger partial charge >= 0.3 is 0 Å². The Labute approximate surface area is 89.7 Å². The molecule has 1 rings (SSSR count). The molecule has 0 aliphatic heterocycles. The summed E-state index contributed by atoms with van der Waals surface area (Å²) in [4.78, 5) is 0. The van der Waals surface area contributed by atoms with Crippen LogP contribution in [0.25, 0.3) is 0 Å². The molecule has 0 aliphatic rings. The minimum Gasteiger partial charge on any atom is -0.328 e. The number of rotatable bonds is 4. The molecule has 1 aromatic carbocycles. The summed E-state index contributed by atoms with van der Waals surface area (Å²) in [6.45, 7) is 1.82. The van der Waals surface area contributed by atoms with Crippen molar-refractivity contribution < 1.29 is 8.42 Å². The van der Waals surface area contributed by atoms with E-state index in [0.717, 1.165) is 5.56 Å². The lowest BCUT2D eigenvalue weighted by Gasteiger charge is -2.28. The molecule has 0 radical (unpaired) electrons. The topological polar surface area (TPSA) is 98.2 Å². The van der Waals surface area contributed by atoms with Gasteiger partial charge in [-0.1, -0.05) is 30.3 Å². The summed E-state index contributed by atoms with van der Waals surface area (Å²) >= 11 is 0. The Morgan fingerprint density at radius 3 is 2.27 bits per heavy atom. The van der Waals surface area contributed by atoms with Crippen molar-refractivity contribution >= 4 is 10.2 Å². The minimum absolute atomic E-state index is 0.132. The largest absolute Gasteiger partial charge is 0.328 e. The van der Waals surface area contributed by atoms with Gasteiger partial charge < -0.3 is 5.73 Å². The molecule has 0 fully saturated rings. The molecular weight excluding hydrogens is 214 g/mol. The number of nitrogens with one attached hydrogen (secondary N) is 1. The molecule has 0 bridgehead atoms. The maximum absolute atomic E-state index is 11.0. The van der Waals surface area contributed by atoms with E-state index in [1.165, 1.54) is 0 Å². The van der Waals surface area contributed by atoms with E-state index in [1.807, 2.05) is 18.2 Å². The Hall–Kier alpha value is -0.950. The highest BCUT2D eigenvalue weighted by atomic mass is 32.2. The van der Waals surface area contributed by atoms with Crippen LogP contribution in [0.15, 0.2) is 30.3 Å². The molecule has 0 heterocycles. The Morgan fingerprint density at radius 1 is 1.33 bits per heavy atom. The van der Waals surface area contributed by atoms with Crippen LogP contribution in [-0.2, 0) is 15.7 Å².